The molecule has 0 radical (unpaired) electrons. The van der Waals surface area contributed by atoms with Crippen LogP contribution in [0.25, 0.3) is 0 Å². The van der Waals surface area contributed by atoms with E-state index in [0.29, 0.717) is 12.2 Å². The maximum absolute atomic E-state index is 12.7. The largest absolute Gasteiger partial charge is 0.333 e. The first kappa shape index (κ1) is 15.0. The lowest BCUT2D eigenvalue weighted by Crippen LogP contribution is -2.90. The van der Waals surface area contributed by atoms with Crippen molar-refractivity contribution in [2.75, 3.05) is 0 Å². The molecule has 1 aliphatic rings. The van der Waals surface area contributed by atoms with Gasteiger partial charge in [-0.25, -0.2) is 0 Å². The van der Waals surface area contributed by atoms with Crippen LogP contribution in [-0.2, 0) is 4.79 Å². The second-order valence-corrected chi connectivity index (χ2v) is 6.21. The Morgan fingerprint density at radius 2 is 1.55 bits per heavy atom. The minimum absolute atomic E-state index is 0.146. The highest BCUT2D eigenvalue weighted by atomic mass is 16.1. The van der Waals surface area contributed by atoms with Crippen molar-refractivity contribution in [1.82, 2.24) is 0 Å². The Bertz CT molecular complexity index is 608. The van der Waals surface area contributed by atoms with Gasteiger partial charge in [0.2, 0.25) is 0 Å². The molecule has 0 aromatic heterocycles. The second kappa shape index (κ2) is 6.89. The number of nitrogens with two attached hydrogens (primary N) is 1. The first-order chi connectivity index (χ1) is 10.8. The first-order valence-electron chi connectivity index (χ1n) is 8.27. The fourth-order valence-electron chi connectivity index (χ4n) is 3.62. The molecule has 2 heteroatoms. The average molecular weight is 294 g/mol. The van der Waals surface area contributed by atoms with Crippen molar-refractivity contribution in [1.29, 1.82) is 0 Å². The van der Waals surface area contributed by atoms with Crippen molar-refractivity contribution < 1.29 is 10.1 Å². The normalized spacial score (nSPS) is 25.1. The number of benzene rings is 2. The highest BCUT2D eigenvalue weighted by molar-refractivity contribution is 5.82. The van der Waals surface area contributed by atoms with E-state index in [0.717, 1.165) is 12.8 Å². The van der Waals surface area contributed by atoms with Gasteiger partial charge in [0.15, 0.2) is 0 Å². The van der Waals surface area contributed by atoms with Gasteiger partial charge in [-0.2, -0.15) is 0 Å². The van der Waals surface area contributed by atoms with E-state index in [-0.39, 0.29) is 18.0 Å². The zero-order valence-electron chi connectivity index (χ0n) is 13.1. The third-order valence-corrected chi connectivity index (χ3v) is 4.72. The number of rotatable bonds is 4. The van der Waals surface area contributed by atoms with Gasteiger partial charge in [-0.05, 0) is 6.42 Å². The van der Waals surface area contributed by atoms with E-state index in [1.807, 2.05) is 12.1 Å². The number of carbonyl (C=O) groups is 1. The number of hydrogen-bond acceptors (Lipinski definition) is 1. The maximum Gasteiger partial charge on any atom is 0.148 e. The van der Waals surface area contributed by atoms with E-state index in [1.165, 1.54) is 11.1 Å². The molecule has 22 heavy (non-hydrogen) atoms. The van der Waals surface area contributed by atoms with Crippen LogP contribution in [0, 0.1) is 5.92 Å². The number of quaternary nitrogens is 1. The number of piperidine rings is 1. The molecule has 1 heterocycles. The Labute approximate surface area is 132 Å². The topological polar surface area (TPSA) is 33.7 Å². The molecule has 2 aromatic rings. The summed E-state index contributed by atoms with van der Waals surface area (Å²) in [4.78, 5) is 12.7. The predicted octanol–water partition coefficient (Wildman–Crippen LogP) is 3.42. The molecule has 0 amide bonds. The summed E-state index contributed by atoms with van der Waals surface area (Å²) in [5.41, 5.74) is 2.53. The zero-order valence-corrected chi connectivity index (χ0v) is 13.1. The summed E-state index contributed by atoms with van der Waals surface area (Å²) < 4.78 is 0. The van der Waals surface area contributed by atoms with Gasteiger partial charge in [-0.15, -0.1) is 0 Å². The summed E-state index contributed by atoms with van der Waals surface area (Å²) in [6.07, 6.45) is 2.69. The summed E-state index contributed by atoms with van der Waals surface area (Å²) in [5.74, 6) is 0.569. The third kappa shape index (κ3) is 3.12. The van der Waals surface area contributed by atoms with Gasteiger partial charge >= 0.3 is 0 Å². The van der Waals surface area contributed by atoms with Gasteiger partial charge in [0, 0.05) is 11.1 Å². The Morgan fingerprint density at radius 1 is 0.955 bits per heavy atom. The van der Waals surface area contributed by atoms with Gasteiger partial charge in [-0.3, -0.25) is 4.79 Å². The summed E-state index contributed by atoms with van der Waals surface area (Å²) in [6.45, 7) is 2.17. The smallest absolute Gasteiger partial charge is 0.148 e. The Balaban J connectivity index is 1.90. The molecular weight excluding hydrogens is 270 g/mol. The molecule has 1 fully saturated rings. The van der Waals surface area contributed by atoms with E-state index < -0.39 is 0 Å². The SMILES string of the molecule is CCC[C@@H]1C(=O)C[C@@H](c2ccccc2)[NH2+][C@H]1c1ccccc1. The van der Waals surface area contributed by atoms with E-state index in [9.17, 15) is 4.79 Å². The summed E-state index contributed by atoms with van der Waals surface area (Å²) in [5, 5.41) is 2.41. The van der Waals surface area contributed by atoms with Crippen LogP contribution in [0.2, 0.25) is 0 Å². The van der Waals surface area contributed by atoms with E-state index in [1.54, 1.807) is 0 Å². The molecule has 2 aromatic carbocycles. The molecular formula is C20H24NO+. The van der Waals surface area contributed by atoms with Crippen molar-refractivity contribution in [2.45, 2.75) is 38.3 Å². The fourth-order valence-corrected chi connectivity index (χ4v) is 3.62. The lowest BCUT2D eigenvalue weighted by Gasteiger charge is -2.33. The van der Waals surface area contributed by atoms with Gasteiger partial charge in [0.1, 0.15) is 17.9 Å². The summed E-state index contributed by atoms with van der Waals surface area (Å²) in [6, 6.07) is 21.4. The van der Waals surface area contributed by atoms with E-state index in [2.05, 4.69) is 60.8 Å². The molecule has 1 saturated heterocycles. The Morgan fingerprint density at radius 3 is 2.14 bits per heavy atom. The highest BCUT2D eigenvalue weighted by Gasteiger charge is 2.40. The van der Waals surface area contributed by atoms with Crippen LogP contribution in [0.5, 0.6) is 0 Å². The number of hydrogen-bond donors (Lipinski definition) is 1. The summed E-state index contributed by atoms with van der Waals surface area (Å²) in [7, 11) is 0. The molecule has 0 aliphatic carbocycles. The van der Waals surface area contributed by atoms with Crippen LogP contribution >= 0.6 is 0 Å². The lowest BCUT2D eigenvalue weighted by atomic mass is 9.79. The maximum atomic E-state index is 12.7. The molecule has 3 rings (SSSR count). The molecule has 0 bridgehead atoms. The van der Waals surface area contributed by atoms with E-state index in [4.69, 9.17) is 0 Å². The standard InChI is InChI=1S/C20H23NO/c1-2-9-17-19(22)14-18(15-10-5-3-6-11-15)21-20(17)16-12-7-4-8-13-16/h3-8,10-13,17-18,20-21H,2,9,14H2,1H3/p+1/t17-,18+,20+/m1/s1. The van der Waals surface area contributed by atoms with Gasteiger partial charge in [0.25, 0.3) is 0 Å². The molecule has 2 N–H and O–H groups in total. The van der Waals surface area contributed by atoms with E-state index >= 15 is 0 Å². The first-order valence-corrected chi connectivity index (χ1v) is 8.27. The minimum Gasteiger partial charge on any atom is -0.333 e. The monoisotopic (exact) mass is 294 g/mol. The molecule has 1 aliphatic heterocycles. The van der Waals surface area contributed by atoms with Crippen molar-refractivity contribution in [3.63, 3.8) is 0 Å². The van der Waals surface area contributed by atoms with Crippen LogP contribution in [0.3, 0.4) is 0 Å². The fraction of sp³-hybridized carbons (Fsp3) is 0.350. The number of carbonyl (C=O) groups excluding carboxylic acids is 1. The molecule has 114 valence electrons. The Kier molecular flexibility index (Phi) is 4.69. The van der Waals surface area contributed by atoms with Crippen LogP contribution in [-0.4, -0.2) is 5.78 Å². The van der Waals surface area contributed by atoms with Gasteiger partial charge in [0.05, 0.1) is 12.3 Å². The van der Waals surface area contributed by atoms with Crippen LogP contribution in [0.4, 0.5) is 0 Å². The zero-order chi connectivity index (χ0) is 15.4. The summed E-state index contributed by atoms with van der Waals surface area (Å²) >= 11 is 0. The minimum atomic E-state index is 0.146. The van der Waals surface area contributed by atoms with Crippen molar-refractivity contribution in [2.24, 2.45) is 5.92 Å². The van der Waals surface area contributed by atoms with Crippen LogP contribution < -0.4 is 5.32 Å². The van der Waals surface area contributed by atoms with Crippen LogP contribution in [0.15, 0.2) is 60.7 Å². The van der Waals surface area contributed by atoms with Gasteiger partial charge < -0.3 is 5.32 Å². The van der Waals surface area contributed by atoms with Gasteiger partial charge in [-0.1, -0.05) is 74.0 Å². The number of Topliss-reactive ketones (excluding diaryl/α,β-unsaturated/α-hetero) is 1. The molecule has 2 nitrogen and oxygen atoms in total. The van der Waals surface area contributed by atoms with Crippen molar-refractivity contribution in [3.8, 4) is 0 Å². The molecule has 0 saturated carbocycles. The average Bonchev–Trinajstić information content (AvgIpc) is 2.58. The molecule has 3 atom stereocenters. The number of ketones is 1. The molecule has 0 spiro atoms. The third-order valence-electron chi connectivity index (χ3n) is 4.72. The Hall–Kier alpha value is -1.93. The molecule has 0 unspecified atom stereocenters. The highest BCUT2D eigenvalue weighted by Crippen LogP contribution is 2.31. The van der Waals surface area contributed by atoms with Crippen molar-refractivity contribution in [3.05, 3.63) is 71.8 Å². The second-order valence-electron chi connectivity index (χ2n) is 6.21. The van der Waals surface area contributed by atoms with Crippen molar-refractivity contribution >= 4 is 5.78 Å². The lowest BCUT2D eigenvalue weighted by molar-refractivity contribution is -0.743. The quantitative estimate of drug-likeness (QED) is 0.921. The predicted molar refractivity (Wildman–Crippen MR) is 88.3 cm³/mol. The van der Waals surface area contributed by atoms with Crippen LogP contribution in [0.1, 0.15) is 49.4 Å².